The van der Waals surface area contributed by atoms with Gasteiger partial charge in [-0.05, 0) is 12.1 Å². The van der Waals surface area contributed by atoms with Crippen molar-refractivity contribution in [2.45, 2.75) is 6.54 Å². The minimum absolute atomic E-state index is 0.0469. The first-order valence-electron chi connectivity index (χ1n) is 6.37. The Hall–Kier alpha value is -2.24. The number of hydrogen-bond donors (Lipinski definition) is 1. The van der Waals surface area contributed by atoms with Crippen LogP contribution in [0.2, 0.25) is 0 Å². The Balaban J connectivity index is 2.68. The van der Waals surface area contributed by atoms with Crippen molar-refractivity contribution in [1.29, 1.82) is 0 Å². The third kappa shape index (κ3) is 5.17. The third-order valence-electron chi connectivity index (χ3n) is 2.60. The van der Waals surface area contributed by atoms with Gasteiger partial charge in [-0.1, -0.05) is 6.08 Å². The van der Waals surface area contributed by atoms with E-state index in [0.29, 0.717) is 19.0 Å². The summed E-state index contributed by atoms with van der Waals surface area (Å²) in [5, 5.41) is 3.12. The number of nitrogens with one attached hydrogen (secondary N) is 1. The zero-order valence-electron chi connectivity index (χ0n) is 12.3. The molecule has 0 aliphatic rings. The Morgan fingerprint density at radius 3 is 2.80 bits per heavy atom. The Kier molecular flexibility index (Phi) is 6.36. The number of rotatable bonds is 6. The fourth-order valence-electron chi connectivity index (χ4n) is 1.47. The molecule has 1 amide bonds. The number of guanidine groups is 1. The largest absolute Gasteiger partial charge is 0.467 e. The molecule has 0 saturated carbocycles. The van der Waals surface area contributed by atoms with E-state index in [4.69, 9.17) is 4.42 Å². The fourth-order valence-corrected chi connectivity index (χ4v) is 1.47. The summed E-state index contributed by atoms with van der Waals surface area (Å²) in [6.07, 6.45) is 3.37. The first kappa shape index (κ1) is 15.8. The van der Waals surface area contributed by atoms with Gasteiger partial charge in [-0.2, -0.15) is 0 Å². The zero-order chi connectivity index (χ0) is 15.0. The molecule has 1 aromatic rings. The average Bonchev–Trinajstić information content (AvgIpc) is 2.91. The smallest absolute Gasteiger partial charge is 0.243 e. The number of nitrogens with zero attached hydrogens (tertiary/aromatic N) is 3. The predicted molar refractivity (Wildman–Crippen MR) is 79.4 cm³/mol. The molecular weight excluding hydrogens is 256 g/mol. The van der Waals surface area contributed by atoms with Crippen molar-refractivity contribution in [3.63, 3.8) is 0 Å². The van der Waals surface area contributed by atoms with Crippen LogP contribution in [0.15, 0.2) is 40.5 Å². The molecule has 0 aliphatic heterocycles. The lowest BCUT2D eigenvalue weighted by Crippen LogP contribution is -2.39. The van der Waals surface area contributed by atoms with Crippen molar-refractivity contribution < 1.29 is 9.21 Å². The van der Waals surface area contributed by atoms with Crippen LogP contribution in [-0.4, -0.2) is 55.9 Å². The number of carbonyl (C=O) groups is 1. The van der Waals surface area contributed by atoms with Crippen LogP contribution in [0.1, 0.15) is 5.76 Å². The zero-order valence-corrected chi connectivity index (χ0v) is 12.3. The van der Waals surface area contributed by atoms with Gasteiger partial charge < -0.3 is 19.5 Å². The molecule has 0 saturated heterocycles. The van der Waals surface area contributed by atoms with Crippen molar-refractivity contribution in [3.05, 3.63) is 36.8 Å². The van der Waals surface area contributed by atoms with Crippen molar-refractivity contribution in [3.8, 4) is 0 Å². The summed E-state index contributed by atoms with van der Waals surface area (Å²) >= 11 is 0. The fraction of sp³-hybridized carbons (Fsp3) is 0.429. The number of amides is 1. The van der Waals surface area contributed by atoms with Gasteiger partial charge in [0.2, 0.25) is 5.91 Å². The summed E-state index contributed by atoms with van der Waals surface area (Å²) in [6.45, 7) is 4.92. The number of likely N-dealkylation sites (N-methyl/N-ethyl adjacent to an activating group) is 1. The van der Waals surface area contributed by atoms with E-state index in [-0.39, 0.29) is 12.5 Å². The van der Waals surface area contributed by atoms with Crippen molar-refractivity contribution >= 4 is 11.9 Å². The second-order valence-electron chi connectivity index (χ2n) is 4.53. The Bertz CT molecular complexity index is 452. The van der Waals surface area contributed by atoms with Crippen molar-refractivity contribution in [2.75, 3.05) is 34.2 Å². The summed E-state index contributed by atoms with van der Waals surface area (Å²) in [5.41, 5.74) is 0. The van der Waals surface area contributed by atoms with E-state index in [1.165, 1.54) is 4.90 Å². The molecule has 0 atom stereocenters. The Morgan fingerprint density at radius 1 is 1.50 bits per heavy atom. The highest BCUT2D eigenvalue weighted by Gasteiger charge is 2.10. The summed E-state index contributed by atoms with van der Waals surface area (Å²) in [4.78, 5) is 19.3. The van der Waals surface area contributed by atoms with Gasteiger partial charge in [0.25, 0.3) is 0 Å². The van der Waals surface area contributed by atoms with E-state index in [1.54, 1.807) is 26.4 Å². The van der Waals surface area contributed by atoms with Gasteiger partial charge >= 0.3 is 0 Å². The van der Waals surface area contributed by atoms with Gasteiger partial charge in [0, 0.05) is 27.7 Å². The first-order chi connectivity index (χ1) is 9.54. The highest BCUT2D eigenvalue weighted by atomic mass is 16.3. The lowest BCUT2D eigenvalue weighted by molar-refractivity contribution is -0.127. The summed E-state index contributed by atoms with van der Waals surface area (Å²) in [6, 6.07) is 3.74. The van der Waals surface area contributed by atoms with E-state index in [9.17, 15) is 4.79 Å². The molecule has 1 rings (SSSR count). The molecule has 1 heterocycles. The van der Waals surface area contributed by atoms with Crippen LogP contribution in [0, 0.1) is 0 Å². The molecule has 0 unspecified atom stereocenters. The Morgan fingerprint density at radius 2 is 2.25 bits per heavy atom. The van der Waals surface area contributed by atoms with E-state index in [2.05, 4.69) is 16.9 Å². The molecule has 20 heavy (non-hydrogen) atoms. The van der Waals surface area contributed by atoms with Crippen LogP contribution in [0.25, 0.3) is 0 Å². The molecule has 0 bridgehead atoms. The normalized spacial score (nSPS) is 11.1. The maximum Gasteiger partial charge on any atom is 0.243 e. The van der Waals surface area contributed by atoms with Gasteiger partial charge in [-0.25, -0.2) is 4.99 Å². The molecule has 0 radical (unpaired) electrons. The SMILES string of the molecule is C=CCNC(=NCC(=O)N(C)C)N(C)Cc1ccco1. The topological polar surface area (TPSA) is 61.1 Å². The molecule has 0 aliphatic carbocycles. The second-order valence-corrected chi connectivity index (χ2v) is 4.53. The molecule has 110 valence electrons. The molecule has 6 heteroatoms. The number of furan rings is 1. The molecule has 0 fully saturated rings. The second kappa shape index (κ2) is 8.04. The van der Waals surface area contributed by atoms with Crippen LogP contribution in [0.4, 0.5) is 0 Å². The monoisotopic (exact) mass is 278 g/mol. The molecule has 0 spiro atoms. The Labute approximate surface area is 119 Å². The van der Waals surface area contributed by atoms with E-state index >= 15 is 0 Å². The maximum atomic E-state index is 11.6. The van der Waals surface area contributed by atoms with Crippen LogP contribution >= 0.6 is 0 Å². The summed E-state index contributed by atoms with van der Waals surface area (Å²) in [5.74, 6) is 1.42. The number of carbonyl (C=O) groups excluding carboxylic acids is 1. The highest BCUT2D eigenvalue weighted by molar-refractivity contribution is 5.84. The van der Waals surface area contributed by atoms with Crippen molar-refractivity contribution in [2.24, 2.45) is 4.99 Å². The van der Waals surface area contributed by atoms with Gasteiger partial charge in [-0.3, -0.25) is 4.79 Å². The first-order valence-corrected chi connectivity index (χ1v) is 6.37. The van der Waals surface area contributed by atoms with Crippen LogP contribution in [0.3, 0.4) is 0 Å². The third-order valence-corrected chi connectivity index (χ3v) is 2.60. The van der Waals surface area contributed by atoms with Gasteiger partial charge in [0.1, 0.15) is 12.3 Å². The quantitative estimate of drug-likeness (QED) is 0.478. The molecule has 1 aromatic heterocycles. The van der Waals surface area contributed by atoms with Gasteiger partial charge in [-0.15, -0.1) is 6.58 Å². The van der Waals surface area contributed by atoms with Gasteiger partial charge in [0.15, 0.2) is 5.96 Å². The summed E-state index contributed by atoms with van der Waals surface area (Å²) < 4.78 is 5.30. The number of aliphatic imine (C=N–C) groups is 1. The molecule has 6 nitrogen and oxygen atoms in total. The minimum Gasteiger partial charge on any atom is -0.467 e. The average molecular weight is 278 g/mol. The van der Waals surface area contributed by atoms with E-state index in [0.717, 1.165) is 5.76 Å². The standard InChI is InChI=1S/C14H22N4O2/c1-5-8-15-14(16-10-13(19)17(2)3)18(4)11-12-7-6-9-20-12/h5-7,9H,1,8,10-11H2,2-4H3,(H,15,16). The predicted octanol–water partition coefficient (Wildman–Crippen LogP) is 0.931. The van der Waals surface area contributed by atoms with Crippen molar-refractivity contribution in [1.82, 2.24) is 15.1 Å². The van der Waals surface area contributed by atoms with Crippen LogP contribution in [-0.2, 0) is 11.3 Å². The molecule has 0 aromatic carbocycles. The van der Waals surface area contributed by atoms with Gasteiger partial charge in [0.05, 0.1) is 12.8 Å². The summed E-state index contributed by atoms with van der Waals surface area (Å²) in [7, 11) is 5.31. The molecular formula is C14H22N4O2. The van der Waals surface area contributed by atoms with Crippen LogP contribution in [0.5, 0.6) is 0 Å². The number of hydrogen-bond acceptors (Lipinski definition) is 3. The van der Waals surface area contributed by atoms with E-state index < -0.39 is 0 Å². The van der Waals surface area contributed by atoms with Crippen LogP contribution < -0.4 is 5.32 Å². The maximum absolute atomic E-state index is 11.6. The van der Waals surface area contributed by atoms with E-state index in [1.807, 2.05) is 24.1 Å². The lowest BCUT2D eigenvalue weighted by atomic mass is 10.4. The minimum atomic E-state index is -0.0469. The highest BCUT2D eigenvalue weighted by Crippen LogP contribution is 2.03. The lowest BCUT2D eigenvalue weighted by Gasteiger charge is -2.21. The molecule has 1 N–H and O–H groups in total.